The second-order valence-electron chi connectivity index (χ2n) is 5.14. The van der Waals surface area contributed by atoms with E-state index in [0.717, 1.165) is 29.8 Å². The third-order valence-electron chi connectivity index (χ3n) is 3.41. The van der Waals surface area contributed by atoms with Crippen LogP contribution < -0.4 is 10.1 Å². The van der Waals surface area contributed by atoms with Crippen molar-refractivity contribution in [2.24, 2.45) is 0 Å². The molecule has 1 aromatic heterocycles. The maximum absolute atomic E-state index is 5.96. The van der Waals surface area contributed by atoms with Gasteiger partial charge in [-0.3, -0.25) is 0 Å². The van der Waals surface area contributed by atoms with Crippen LogP contribution >= 0.6 is 27.3 Å². The van der Waals surface area contributed by atoms with Crippen LogP contribution in [0.4, 0.5) is 0 Å². The Balaban J connectivity index is 1.58. The fraction of sp³-hybridized carbons (Fsp3) is 0.375. The first kappa shape index (κ1) is 14.1. The first-order valence-electron chi connectivity index (χ1n) is 6.97. The summed E-state index contributed by atoms with van der Waals surface area (Å²) >= 11 is 5.27. The van der Waals surface area contributed by atoms with E-state index >= 15 is 0 Å². The summed E-state index contributed by atoms with van der Waals surface area (Å²) in [5, 5.41) is 7.84. The van der Waals surface area contributed by atoms with Crippen LogP contribution in [0.3, 0.4) is 0 Å². The minimum Gasteiger partial charge on any atom is -0.493 e. The largest absolute Gasteiger partial charge is 0.493 e. The molecule has 1 heterocycles. The summed E-state index contributed by atoms with van der Waals surface area (Å²) in [5.41, 5.74) is 2.58. The van der Waals surface area contributed by atoms with E-state index in [4.69, 9.17) is 4.74 Å². The number of thiophene rings is 1. The highest BCUT2D eigenvalue weighted by molar-refractivity contribution is 9.10. The van der Waals surface area contributed by atoms with Crippen molar-refractivity contribution in [1.82, 2.24) is 5.32 Å². The molecule has 0 spiro atoms. The summed E-state index contributed by atoms with van der Waals surface area (Å²) in [5.74, 6) is 0.997. The van der Waals surface area contributed by atoms with Gasteiger partial charge in [0.1, 0.15) is 5.75 Å². The van der Waals surface area contributed by atoms with Gasteiger partial charge in [-0.15, -0.1) is 0 Å². The summed E-state index contributed by atoms with van der Waals surface area (Å²) < 4.78 is 7.07. The molecule has 1 aliphatic rings. The quantitative estimate of drug-likeness (QED) is 0.798. The van der Waals surface area contributed by atoms with E-state index in [1.807, 2.05) is 6.07 Å². The summed E-state index contributed by atoms with van der Waals surface area (Å²) in [6.45, 7) is 1.62. The smallest absolute Gasteiger partial charge is 0.123 e. The van der Waals surface area contributed by atoms with Crippen LogP contribution in [0, 0.1) is 0 Å². The molecule has 0 radical (unpaired) electrons. The highest BCUT2D eigenvalue weighted by atomic mass is 79.9. The van der Waals surface area contributed by atoms with Crippen molar-refractivity contribution in [2.45, 2.75) is 31.8 Å². The molecule has 20 heavy (non-hydrogen) atoms. The van der Waals surface area contributed by atoms with Gasteiger partial charge in [-0.2, -0.15) is 11.3 Å². The molecule has 2 nitrogen and oxygen atoms in total. The van der Waals surface area contributed by atoms with Gasteiger partial charge in [0.2, 0.25) is 0 Å². The van der Waals surface area contributed by atoms with Crippen LogP contribution in [0.1, 0.15) is 24.0 Å². The van der Waals surface area contributed by atoms with Gasteiger partial charge in [0, 0.05) is 29.0 Å². The van der Waals surface area contributed by atoms with Crippen LogP contribution in [0.5, 0.6) is 5.75 Å². The molecule has 1 aliphatic carbocycles. The molecular weight excluding hydrogens is 334 g/mol. The van der Waals surface area contributed by atoms with Crippen molar-refractivity contribution in [3.8, 4) is 5.75 Å². The first-order chi connectivity index (χ1) is 9.81. The fourth-order valence-corrected chi connectivity index (χ4v) is 3.19. The van der Waals surface area contributed by atoms with Gasteiger partial charge in [0.25, 0.3) is 0 Å². The molecule has 0 amide bonds. The molecule has 106 valence electrons. The minimum absolute atomic E-state index is 0.715. The Kier molecular flexibility index (Phi) is 4.76. The molecule has 1 aromatic carbocycles. The zero-order chi connectivity index (χ0) is 13.8. The molecule has 0 aliphatic heterocycles. The Morgan fingerprint density at radius 1 is 1.30 bits per heavy atom. The molecule has 0 bridgehead atoms. The van der Waals surface area contributed by atoms with Gasteiger partial charge >= 0.3 is 0 Å². The fourth-order valence-electron chi connectivity index (χ4n) is 2.08. The average molecular weight is 352 g/mol. The monoisotopic (exact) mass is 351 g/mol. The first-order valence-corrected chi connectivity index (χ1v) is 8.70. The third-order valence-corrected chi connectivity index (χ3v) is 4.63. The number of benzene rings is 1. The van der Waals surface area contributed by atoms with Crippen molar-refractivity contribution < 1.29 is 4.74 Å². The lowest BCUT2D eigenvalue weighted by Crippen LogP contribution is -2.16. The molecule has 3 rings (SSSR count). The Morgan fingerprint density at radius 2 is 2.20 bits per heavy atom. The summed E-state index contributed by atoms with van der Waals surface area (Å²) in [4.78, 5) is 0. The Morgan fingerprint density at radius 3 is 2.95 bits per heavy atom. The van der Waals surface area contributed by atoms with E-state index in [2.05, 4.69) is 50.2 Å². The van der Waals surface area contributed by atoms with E-state index < -0.39 is 0 Å². The maximum Gasteiger partial charge on any atom is 0.123 e. The predicted molar refractivity (Wildman–Crippen MR) is 87.5 cm³/mol. The molecular formula is C16H18BrNOS. The molecule has 2 aromatic rings. The number of hydrogen-bond acceptors (Lipinski definition) is 3. The van der Waals surface area contributed by atoms with E-state index in [9.17, 15) is 0 Å². The van der Waals surface area contributed by atoms with Crippen LogP contribution in [-0.4, -0.2) is 12.6 Å². The van der Waals surface area contributed by atoms with Crippen molar-refractivity contribution >= 4 is 27.3 Å². The molecule has 4 heteroatoms. The number of ether oxygens (including phenoxy) is 1. The topological polar surface area (TPSA) is 21.3 Å². The summed E-state index contributed by atoms with van der Waals surface area (Å²) in [6, 6.07) is 9.12. The predicted octanol–water partition coefficient (Wildman–Crippen LogP) is 4.38. The molecule has 1 saturated carbocycles. The van der Waals surface area contributed by atoms with Gasteiger partial charge in [-0.05, 0) is 53.4 Å². The van der Waals surface area contributed by atoms with Gasteiger partial charge < -0.3 is 10.1 Å². The Bertz CT molecular complexity index is 552. The maximum atomic E-state index is 5.96. The number of hydrogen-bond donors (Lipinski definition) is 1. The SMILES string of the molecule is Brc1ccc(OCCc2ccsc2)c(CNC2CC2)c1. The molecule has 1 N–H and O–H groups in total. The van der Waals surface area contributed by atoms with Crippen molar-refractivity contribution in [3.63, 3.8) is 0 Å². The number of nitrogens with one attached hydrogen (secondary N) is 1. The van der Waals surface area contributed by atoms with E-state index in [1.165, 1.54) is 24.0 Å². The lowest BCUT2D eigenvalue weighted by molar-refractivity contribution is 0.317. The van der Waals surface area contributed by atoms with E-state index in [-0.39, 0.29) is 0 Å². The standard InChI is InChI=1S/C16H18BrNOS/c17-14-1-4-16(13(9-14)10-18-15-2-3-15)19-7-5-12-6-8-20-11-12/h1,4,6,8-9,11,15,18H,2-3,5,7,10H2. The van der Waals surface area contributed by atoms with Crippen LogP contribution in [0.15, 0.2) is 39.5 Å². The molecule has 1 fully saturated rings. The van der Waals surface area contributed by atoms with Gasteiger partial charge in [0.15, 0.2) is 0 Å². The highest BCUT2D eigenvalue weighted by Crippen LogP contribution is 2.25. The number of halogens is 1. The Hall–Kier alpha value is -0.840. The highest BCUT2D eigenvalue weighted by Gasteiger charge is 2.20. The van der Waals surface area contributed by atoms with Crippen molar-refractivity contribution in [3.05, 3.63) is 50.6 Å². The summed E-state index contributed by atoms with van der Waals surface area (Å²) in [6.07, 6.45) is 3.58. The van der Waals surface area contributed by atoms with Crippen LogP contribution in [0.2, 0.25) is 0 Å². The average Bonchev–Trinajstić information content (AvgIpc) is 3.13. The molecule has 0 saturated heterocycles. The molecule has 0 atom stereocenters. The van der Waals surface area contributed by atoms with E-state index in [0.29, 0.717) is 6.04 Å². The zero-order valence-corrected chi connectivity index (χ0v) is 13.7. The normalized spacial score (nSPS) is 14.4. The minimum atomic E-state index is 0.715. The number of rotatable bonds is 7. The molecule has 0 unspecified atom stereocenters. The second kappa shape index (κ2) is 6.74. The van der Waals surface area contributed by atoms with Crippen molar-refractivity contribution in [1.29, 1.82) is 0 Å². The third kappa shape index (κ3) is 4.08. The van der Waals surface area contributed by atoms with Gasteiger partial charge in [-0.1, -0.05) is 15.9 Å². The van der Waals surface area contributed by atoms with Gasteiger partial charge in [0.05, 0.1) is 6.61 Å². The van der Waals surface area contributed by atoms with Gasteiger partial charge in [-0.25, -0.2) is 0 Å². The van der Waals surface area contributed by atoms with Crippen LogP contribution in [0.25, 0.3) is 0 Å². The van der Waals surface area contributed by atoms with Crippen molar-refractivity contribution in [2.75, 3.05) is 6.61 Å². The summed E-state index contributed by atoms with van der Waals surface area (Å²) in [7, 11) is 0. The van der Waals surface area contributed by atoms with E-state index in [1.54, 1.807) is 11.3 Å². The lowest BCUT2D eigenvalue weighted by Gasteiger charge is -2.12. The second-order valence-corrected chi connectivity index (χ2v) is 6.83. The van der Waals surface area contributed by atoms with Crippen LogP contribution in [-0.2, 0) is 13.0 Å². The Labute approximate surface area is 132 Å². The zero-order valence-electron chi connectivity index (χ0n) is 11.3. The lowest BCUT2D eigenvalue weighted by atomic mass is 10.2.